The molecule has 0 saturated carbocycles. The molecule has 0 aliphatic rings. The number of benzene rings is 2. The molecule has 0 aromatic heterocycles. The molecule has 0 fully saturated rings. The van der Waals surface area contributed by atoms with E-state index in [9.17, 15) is 0 Å². The fourth-order valence-corrected chi connectivity index (χ4v) is 10.4. The van der Waals surface area contributed by atoms with E-state index in [1.165, 1.54) is 74.6 Å². The maximum absolute atomic E-state index is 6.85. The Labute approximate surface area is 283 Å². The van der Waals surface area contributed by atoms with E-state index in [0.717, 1.165) is 13.0 Å². The van der Waals surface area contributed by atoms with Crippen LogP contribution in [-0.2, 0) is 28.1 Å². The molecule has 6 nitrogen and oxygen atoms in total. The van der Waals surface area contributed by atoms with Crippen molar-refractivity contribution in [1.82, 2.24) is 0 Å². The van der Waals surface area contributed by atoms with Gasteiger partial charge in [0.25, 0.3) is 8.32 Å². The summed E-state index contributed by atoms with van der Waals surface area (Å²) in [4.78, 5) is 0. The van der Waals surface area contributed by atoms with Gasteiger partial charge in [-0.1, -0.05) is 153 Å². The predicted molar refractivity (Wildman–Crippen MR) is 194 cm³/mol. The zero-order chi connectivity index (χ0) is 33.0. The lowest BCUT2D eigenvalue weighted by molar-refractivity contribution is -0.0130. The van der Waals surface area contributed by atoms with Gasteiger partial charge >= 0.3 is 0 Å². The fraction of sp³-hybridized carbons (Fsp3) is 0.692. The van der Waals surface area contributed by atoms with Gasteiger partial charge in [0.2, 0.25) is 0 Å². The van der Waals surface area contributed by atoms with Crippen molar-refractivity contribution in [3.63, 3.8) is 0 Å². The second-order valence-electron chi connectivity index (χ2n) is 13.1. The van der Waals surface area contributed by atoms with E-state index in [1.807, 2.05) is 0 Å². The molecule has 2 rings (SSSR count). The van der Waals surface area contributed by atoms with Crippen molar-refractivity contribution in [3.8, 4) is 0 Å². The zero-order valence-corrected chi connectivity index (χ0v) is 30.8. The van der Waals surface area contributed by atoms with Crippen LogP contribution in [0.2, 0.25) is 5.04 Å². The Balaban J connectivity index is 1.40. The summed E-state index contributed by atoms with van der Waals surface area (Å²) in [5.41, 5.74) is 0. The summed E-state index contributed by atoms with van der Waals surface area (Å²) < 4.78 is 35.3. The van der Waals surface area contributed by atoms with Gasteiger partial charge in [-0.3, -0.25) is 0 Å². The first-order valence-electron chi connectivity index (χ1n) is 18.2. The van der Waals surface area contributed by atoms with Crippen LogP contribution in [0.5, 0.6) is 0 Å². The lowest BCUT2D eigenvalue weighted by Crippen LogP contribution is -2.66. The van der Waals surface area contributed by atoms with Gasteiger partial charge in [0.15, 0.2) is 0 Å². The summed E-state index contributed by atoms with van der Waals surface area (Å²) in [7, 11) is -2.52. The summed E-state index contributed by atoms with van der Waals surface area (Å²) in [6, 6.07) is 21.4. The highest BCUT2D eigenvalue weighted by Crippen LogP contribution is 2.36. The minimum absolute atomic E-state index is 0.0381. The Morgan fingerprint density at radius 3 is 1.11 bits per heavy atom. The molecular formula is C39H66O6Si. The highest BCUT2D eigenvalue weighted by atomic mass is 28.4. The molecule has 0 amide bonds. The monoisotopic (exact) mass is 658 g/mol. The maximum Gasteiger partial charge on any atom is 0.261 e. The SMILES string of the molecule is CCCCCCCCCCCCCOCCOCCOCCOCCOCCO[Si](c1ccccc1)(c1ccccc1)C(C)(C)C. The van der Waals surface area contributed by atoms with E-state index in [1.54, 1.807) is 0 Å². The number of rotatable bonds is 30. The molecule has 0 N–H and O–H groups in total. The summed E-state index contributed by atoms with van der Waals surface area (Å²) in [6.07, 6.45) is 14.9. The lowest BCUT2D eigenvalue weighted by Gasteiger charge is -2.43. The lowest BCUT2D eigenvalue weighted by atomic mass is 10.1. The van der Waals surface area contributed by atoms with Crippen LogP contribution in [0.25, 0.3) is 0 Å². The Bertz CT molecular complexity index is 897. The number of hydrogen-bond acceptors (Lipinski definition) is 6. The Morgan fingerprint density at radius 1 is 0.413 bits per heavy atom. The van der Waals surface area contributed by atoms with E-state index in [0.29, 0.717) is 66.1 Å². The minimum atomic E-state index is -2.52. The Kier molecular flexibility index (Phi) is 23.3. The van der Waals surface area contributed by atoms with Gasteiger partial charge < -0.3 is 28.1 Å². The van der Waals surface area contributed by atoms with E-state index in [4.69, 9.17) is 28.1 Å². The van der Waals surface area contributed by atoms with Crippen LogP contribution in [0.1, 0.15) is 98.3 Å². The molecule has 0 radical (unpaired) electrons. The van der Waals surface area contributed by atoms with Crippen molar-refractivity contribution >= 4 is 18.7 Å². The summed E-state index contributed by atoms with van der Waals surface area (Å²) in [6.45, 7) is 15.7. The Morgan fingerprint density at radius 2 is 0.739 bits per heavy atom. The highest BCUT2D eigenvalue weighted by molar-refractivity contribution is 6.99. The fourth-order valence-electron chi connectivity index (χ4n) is 5.87. The van der Waals surface area contributed by atoms with Crippen molar-refractivity contribution in [2.45, 2.75) is 103 Å². The number of ether oxygens (including phenoxy) is 5. The van der Waals surface area contributed by atoms with Crippen molar-refractivity contribution in [1.29, 1.82) is 0 Å². The van der Waals surface area contributed by atoms with Crippen molar-refractivity contribution < 1.29 is 28.1 Å². The molecule has 262 valence electrons. The summed E-state index contributed by atoms with van der Waals surface area (Å²) in [5, 5.41) is 2.53. The molecule has 0 spiro atoms. The van der Waals surface area contributed by atoms with E-state index < -0.39 is 8.32 Å². The summed E-state index contributed by atoms with van der Waals surface area (Å²) >= 11 is 0. The van der Waals surface area contributed by atoms with Crippen LogP contribution < -0.4 is 10.4 Å². The third-order valence-corrected chi connectivity index (χ3v) is 13.4. The van der Waals surface area contributed by atoms with Gasteiger partial charge in [0, 0.05) is 6.61 Å². The Hall–Kier alpha value is -1.58. The van der Waals surface area contributed by atoms with Crippen LogP contribution in [0, 0.1) is 0 Å². The maximum atomic E-state index is 6.85. The van der Waals surface area contributed by atoms with Gasteiger partial charge in [-0.05, 0) is 21.8 Å². The minimum Gasteiger partial charge on any atom is -0.405 e. The van der Waals surface area contributed by atoms with Crippen LogP contribution in [0.4, 0.5) is 0 Å². The molecule has 0 atom stereocenters. The van der Waals surface area contributed by atoms with Gasteiger partial charge in [-0.2, -0.15) is 0 Å². The average Bonchev–Trinajstić information content (AvgIpc) is 3.06. The first-order chi connectivity index (χ1) is 22.5. The van der Waals surface area contributed by atoms with Crippen LogP contribution in [0.15, 0.2) is 60.7 Å². The van der Waals surface area contributed by atoms with Gasteiger partial charge in [0.05, 0.1) is 66.1 Å². The quantitative estimate of drug-likeness (QED) is 0.0627. The second-order valence-corrected chi connectivity index (χ2v) is 17.4. The molecule has 2 aromatic rings. The molecule has 0 aliphatic heterocycles. The molecule has 0 heterocycles. The molecule has 7 heteroatoms. The van der Waals surface area contributed by atoms with Gasteiger partial charge in [-0.25, -0.2) is 0 Å². The standard InChI is InChI=1S/C39H66O6Si/c1-5-6-7-8-9-10-11-12-13-14-21-26-40-27-28-41-29-30-42-31-32-43-33-34-44-35-36-45-46(39(2,3)4,37-22-17-15-18-23-37)38-24-19-16-20-25-38/h15-20,22-25H,5-14,21,26-36H2,1-4H3. The second kappa shape index (κ2) is 26.4. The van der Waals surface area contributed by atoms with Crippen molar-refractivity contribution in [2.75, 3.05) is 72.7 Å². The van der Waals surface area contributed by atoms with Crippen molar-refractivity contribution in [2.24, 2.45) is 0 Å². The topological polar surface area (TPSA) is 55.4 Å². The van der Waals surface area contributed by atoms with Crippen LogP contribution >= 0.6 is 0 Å². The van der Waals surface area contributed by atoms with Crippen molar-refractivity contribution in [3.05, 3.63) is 60.7 Å². The van der Waals surface area contributed by atoms with E-state index in [-0.39, 0.29) is 5.04 Å². The highest BCUT2D eigenvalue weighted by Gasteiger charge is 2.49. The average molecular weight is 659 g/mol. The molecule has 2 aromatic carbocycles. The smallest absolute Gasteiger partial charge is 0.261 e. The third-order valence-electron chi connectivity index (χ3n) is 8.34. The zero-order valence-electron chi connectivity index (χ0n) is 29.8. The molecular weight excluding hydrogens is 593 g/mol. The normalized spacial score (nSPS) is 12.2. The number of unbranched alkanes of at least 4 members (excludes halogenated alkanes) is 10. The largest absolute Gasteiger partial charge is 0.405 e. The third kappa shape index (κ3) is 17.0. The predicted octanol–water partition coefficient (Wildman–Crippen LogP) is 7.96. The molecule has 46 heavy (non-hydrogen) atoms. The van der Waals surface area contributed by atoms with E-state index in [2.05, 4.69) is 88.4 Å². The molecule has 0 unspecified atom stereocenters. The molecule has 0 saturated heterocycles. The molecule has 0 aliphatic carbocycles. The van der Waals surface area contributed by atoms with E-state index >= 15 is 0 Å². The first-order valence-corrected chi connectivity index (χ1v) is 20.1. The molecule has 0 bridgehead atoms. The van der Waals surface area contributed by atoms with Gasteiger partial charge in [0.1, 0.15) is 0 Å². The first kappa shape index (κ1) is 40.6. The summed E-state index contributed by atoms with van der Waals surface area (Å²) in [5.74, 6) is 0. The van der Waals surface area contributed by atoms with Crippen LogP contribution in [-0.4, -0.2) is 81.0 Å². The number of hydrogen-bond donors (Lipinski definition) is 0. The van der Waals surface area contributed by atoms with Gasteiger partial charge in [-0.15, -0.1) is 0 Å². The van der Waals surface area contributed by atoms with Crippen LogP contribution in [0.3, 0.4) is 0 Å².